The first kappa shape index (κ1) is 14.4. The van der Waals surface area contributed by atoms with Gasteiger partial charge in [-0.15, -0.1) is 0 Å². The zero-order valence-electron chi connectivity index (χ0n) is 11.9. The van der Waals surface area contributed by atoms with Crippen molar-refractivity contribution in [1.82, 2.24) is 0 Å². The summed E-state index contributed by atoms with van der Waals surface area (Å²) >= 11 is 0. The van der Waals surface area contributed by atoms with Gasteiger partial charge in [-0.3, -0.25) is 0 Å². The molecule has 2 aromatic rings. The summed E-state index contributed by atoms with van der Waals surface area (Å²) in [6.45, 7) is 3.84. The quantitative estimate of drug-likeness (QED) is 0.792. The van der Waals surface area contributed by atoms with E-state index < -0.39 is 6.10 Å². The first-order valence-corrected chi connectivity index (χ1v) is 7.05. The van der Waals surface area contributed by atoms with Crippen molar-refractivity contribution >= 4 is 11.4 Å². The number of hydrogen-bond donors (Lipinski definition) is 2. The Hall–Kier alpha value is -2.00. The van der Waals surface area contributed by atoms with Crippen LogP contribution < -0.4 is 10.6 Å². The summed E-state index contributed by atoms with van der Waals surface area (Å²) in [7, 11) is 0. The van der Waals surface area contributed by atoms with Crippen LogP contribution in [0.5, 0.6) is 0 Å². The molecule has 1 unspecified atom stereocenters. The Morgan fingerprint density at radius 1 is 1.05 bits per heavy atom. The Kier molecular flexibility index (Phi) is 5.02. The molecule has 20 heavy (non-hydrogen) atoms. The molecule has 0 spiro atoms. The molecular weight excluding hydrogens is 248 g/mol. The second kappa shape index (κ2) is 6.96. The maximum atomic E-state index is 10.3. The summed E-state index contributed by atoms with van der Waals surface area (Å²) in [6.07, 6.45) is 0.144. The Balaban J connectivity index is 1.99. The number of aliphatic hydroxyl groups is 1. The molecule has 106 valence electrons. The van der Waals surface area contributed by atoms with Crippen LogP contribution in [0.25, 0.3) is 0 Å². The number of hydrogen-bond acceptors (Lipinski definition) is 3. The molecule has 0 saturated carbocycles. The number of para-hydroxylation sites is 2. The van der Waals surface area contributed by atoms with Crippen molar-refractivity contribution in [2.45, 2.75) is 19.4 Å². The molecule has 0 aliphatic carbocycles. The van der Waals surface area contributed by atoms with Gasteiger partial charge in [0.05, 0.1) is 6.10 Å². The van der Waals surface area contributed by atoms with E-state index in [1.165, 1.54) is 5.69 Å². The van der Waals surface area contributed by atoms with E-state index in [1.54, 1.807) is 0 Å². The lowest BCUT2D eigenvalue weighted by Crippen LogP contribution is -2.25. The molecule has 3 heteroatoms. The normalized spacial score (nSPS) is 12.1. The van der Waals surface area contributed by atoms with Crippen molar-refractivity contribution in [3.8, 4) is 0 Å². The molecule has 0 bridgehead atoms. The zero-order valence-corrected chi connectivity index (χ0v) is 11.9. The van der Waals surface area contributed by atoms with Crippen LogP contribution in [0.3, 0.4) is 0 Å². The molecule has 0 fully saturated rings. The maximum absolute atomic E-state index is 10.3. The predicted octanol–water partition coefficient (Wildman–Crippen LogP) is 3.22. The number of rotatable bonds is 6. The molecule has 3 N–H and O–H groups in total. The third-order valence-corrected chi connectivity index (χ3v) is 3.53. The number of nitrogens with two attached hydrogens (primary N) is 1. The zero-order chi connectivity index (χ0) is 14.4. The topological polar surface area (TPSA) is 49.5 Å². The fraction of sp³-hybridized carbons (Fsp3) is 0.294. The monoisotopic (exact) mass is 270 g/mol. The minimum Gasteiger partial charge on any atom is -0.398 e. The summed E-state index contributed by atoms with van der Waals surface area (Å²) in [5.41, 5.74) is 8.55. The molecule has 0 radical (unpaired) electrons. The van der Waals surface area contributed by atoms with Gasteiger partial charge in [0.15, 0.2) is 0 Å². The Morgan fingerprint density at radius 2 is 1.70 bits per heavy atom. The Bertz CT molecular complexity index is 528. The van der Waals surface area contributed by atoms with Gasteiger partial charge in [0, 0.05) is 30.0 Å². The number of nitrogens with zero attached hydrogens (tertiary/aromatic N) is 1. The van der Waals surface area contributed by atoms with Gasteiger partial charge in [-0.25, -0.2) is 0 Å². The first-order valence-electron chi connectivity index (χ1n) is 7.05. The van der Waals surface area contributed by atoms with Gasteiger partial charge in [-0.2, -0.15) is 0 Å². The van der Waals surface area contributed by atoms with Gasteiger partial charge >= 0.3 is 0 Å². The molecule has 2 aromatic carbocycles. The lowest BCUT2D eigenvalue weighted by molar-refractivity contribution is 0.170. The highest BCUT2D eigenvalue weighted by Crippen LogP contribution is 2.24. The summed E-state index contributed by atoms with van der Waals surface area (Å²) in [6, 6.07) is 17.8. The van der Waals surface area contributed by atoms with E-state index >= 15 is 0 Å². The lowest BCUT2D eigenvalue weighted by atomic mass is 10.0. The van der Waals surface area contributed by atoms with Crippen LogP contribution in [-0.4, -0.2) is 18.2 Å². The lowest BCUT2D eigenvalue weighted by Gasteiger charge is -2.24. The highest BCUT2D eigenvalue weighted by Gasteiger charge is 2.12. The fourth-order valence-corrected chi connectivity index (χ4v) is 2.36. The average Bonchev–Trinajstić information content (AvgIpc) is 2.49. The number of benzene rings is 2. The van der Waals surface area contributed by atoms with Gasteiger partial charge in [0.1, 0.15) is 0 Å². The van der Waals surface area contributed by atoms with Crippen LogP contribution >= 0.6 is 0 Å². The van der Waals surface area contributed by atoms with Gasteiger partial charge < -0.3 is 15.7 Å². The molecule has 0 aromatic heterocycles. The molecule has 0 aliphatic heterocycles. The van der Waals surface area contributed by atoms with E-state index in [4.69, 9.17) is 5.73 Å². The van der Waals surface area contributed by atoms with Crippen molar-refractivity contribution in [2.24, 2.45) is 0 Å². The van der Waals surface area contributed by atoms with Crippen molar-refractivity contribution in [3.63, 3.8) is 0 Å². The van der Waals surface area contributed by atoms with E-state index in [9.17, 15) is 5.11 Å². The second-order valence-electron chi connectivity index (χ2n) is 4.85. The van der Waals surface area contributed by atoms with Crippen molar-refractivity contribution in [1.29, 1.82) is 0 Å². The largest absolute Gasteiger partial charge is 0.398 e. The van der Waals surface area contributed by atoms with Crippen LogP contribution in [0.4, 0.5) is 11.4 Å². The van der Waals surface area contributed by atoms with E-state index in [2.05, 4.69) is 24.0 Å². The minimum absolute atomic E-state index is 0.519. The standard InChI is InChI=1S/C17H22N2O/c1-2-19(14-8-4-3-5-9-14)13-12-17(20)15-10-6-7-11-16(15)18/h3-11,17,20H,2,12-13,18H2,1H3. The van der Waals surface area contributed by atoms with Crippen LogP contribution in [0.2, 0.25) is 0 Å². The number of anilines is 2. The van der Waals surface area contributed by atoms with Gasteiger partial charge in [-0.05, 0) is 31.5 Å². The SMILES string of the molecule is CCN(CCC(O)c1ccccc1N)c1ccccc1. The van der Waals surface area contributed by atoms with Gasteiger partial charge in [-0.1, -0.05) is 36.4 Å². The number of aliphatic hydroxyl groups excluding tert-OH is 1. The summed E-state index contributed by atoms with van der Waals surface area (Å²) < 4.78 is 0. The van der Waals surface area contributed by atoms with Crippen LogP contribution in [0.15, 0.2) is 54.6 Å². The molecule has 0 aliphatic rings. The molecule has 3 nitrogen and oxygen atoms in total. The second-order valence-corrected chi connectivity index (χ2v) is 4.85. The Labute approximate surface area is 120 Å². The number of nitrogen functional groups attached to an aromatic ring is 1. The highest BCUT2D eigenvalue weighted by molar-refractivity contribution is 5.48. The third-order valence-electron chi connectivity index (χ3n) is 3.53. The molecule has 0 saturated heterocycles. The first-order chi connectivity index (χ1) is 9.72. The maximum Gasteiger partial charge on any atom is 0.0826 e. The highest BCUT2D eigenvalue weighted by atomic mass is 16.3. The molecule has 1 atom stereocenters. The van der Waals surface area contributed by atoms with Crippen molar-refractivity contribution in [2.75, 3.05) is 23.7 Å². The molecule has 2 rings (SSSR count). The smallest absolute Gasteiger partial charge is 0.0826 e. The third kappa shape index (κ3) is 3.52. The van der Waals surface area contributed by atoms with Crippen LogP contribution in [0, 0.1) is 0 Å². The molecular formula is C17H22N2O. The summed E-state index contributed by atoms with van der Waals surface area (Å²) in [4.78, 5) is 2.25. The van der Waals surface area contributed by atoms with Crippen LogP contribution in [-0.2, 0) is 0 Å². The molecule has 0 amide bonds. The fourth-order valence-electron chi connectivity index (χ4n) is 2.36. The summed E-state index contributed by atoms with van der Waals surface area (Å²) in [5, 5.41) is 10.3. The van der Waals surface area contributed by atoms with Gasteiger partial charge in [0.2, 0.25) is 0 Å². The Morgan fingerprint density at radius 3 is 2.35 bits per heavy atom. The predicted molar refractivity (Wildman–Crippen MR) is 84.8 cm³/mol. The average molecular weight is 270 g/mol. The van der Waals surface area contributed by atoms with E-state index in [1.807, 2.05) is 42.5 Å². The van der Waals surface area contributed by atoms with E-state index in [0.29, 0.717) is 12.1 Å². The molecule has 0 heterocycles. The van der Waals surface area contributed by atoms with E-state index in [0.717, 1.165) is 18.7 Å². The van der Waals surface area contributed by atoms with E-state index in [-0.39, 0.29) is 0 Å². The van der Waals surface area contributed by atoms with Crippen molar-refractivity contribution in [3.05, 3.63) is 60.2 Å². The minimum atomic E-state index is -0.519. The van der Waals surface area contributed by atoms with Crippen LogP contribution in [0.1, 0.15) is 25.0 Å². The van der Waals surface area contributed by atoms with Gasteiger partial charge in [0.25, 0.3) is 0 Å². The summed E-state index contributed by atoms with van der Waals surface area (Å²) in [5.74, 6) is 0. The van der Waals surface area contributed by atoms with Crippen molar-refractivity contribution < 1.29 is 5.11 Å².